The van der Waals surface area contributed by atoms with Crippen molar-refractivity contribution >= 4 is 63.5 Å². The summed E-state index contributed by atoms with van der Waals surface area (Å²) < 4.78 is 14.4. The Kier molecular flexibility index (Phi) is 14.8. The van der Waals surface area contributed by atoms with Crippen LogP contribution in [0, 0.1) is 6.92 Å². The second kappa shape index (κ2) is 21.0. The molecule has 0 unspecified atom stereocenters. The van der Waals surface area contributed by atoms with Gasteiger partial charge in [-0.25, -0.2) is 9.97 Å². The Hall–Kier alpha value is -6.57. The number of nitrogens with one attached hydrogen (secondary N) is 4. The first kappa shape index (κ1) is 44.5. The smallest absolute Gasteiger partial charge is 0.263 e. The van der Waals surface area contributed by atoms with Gasteiger partial charge in [-0.3, -0.25) is 38.1 Å². The summed E-state index contributed by atoms with van der Waals surface area (Å²) in [6.07, 6.45) is 9.07. The second-order valence-corrected chi connectivity index (χ2v) is 15.6. The van der Waals surface area contributed by atoms with Crippen LogP contribution in [0.2, 0.25) is 0 Å². The highest BCUT2D eigenvalue weighted by atomic mass is 16.5. The van der Waals surface area contributed by atoms with Crippen LogP contribution in [0.15, 0.2) is 65.8 Å². The zero-order valence-corrected chi connectivity index (χ0v) is 35.9. The molecule has 2 fully saturated rings. The van der Waals surface area contributed by atoms with Gasteiger partial charge in [0.05, 0.1) is 68.1 Å². The summed E-state index contributed by atoms with van der Waals surface area (Å²) in [6, 6.07) is 12.3. The predicted molar refractivity (Wildman–Crippen MR) is 238 cm³/mol. The fraction of sp³-hybridized carbons (Fsp3) is 0.432. The zero-order valence-electron chi connectivity index (χ0n) is 35.9. The number of fused-ring (bicyclic) bond motifs is 1. The molecule has 2 aliphatic rings. The van der Waals surface area contributed by atoms with Crippen LogP contribution in [0.5, 0.6) is 0 Å². The van der Waals surface area contributed by atoms with Gasteiger partial charge in [0.1, 0.15) is 11.5 Å². The fourth-order valence-electron chi connectivity index (χ4n) is 7.91. The first-order chi connectivity index (χ1) is 30.5. The molecule has 4 aromatic heterocycles. The Morgan fingerprint density at radius 1 is 0.841 bits per heavy atom. The van der Waals surface area contributed by atoms with Crippen LogP contribution in [0.3, 0.4) is 0 Å². The number of Topliss-reactive ketones (excluding diaryl/α,β-unsaturated/α-hetero) is 1. The van der Waals surface area contributed by atoms with Gasteiger partial charge in [0.15, 0.2) is 11.6 Å². The van der Waals surface area contributed by atoms with E-state index < -0.39 is 0 Å². The van der Waals surface area contributed by atoms with Gasteiger partial charge in [-0.05, 0) is 56.5 Å². The third kappa shape index (κ3) is 11.5. The number of pyridine rings is 2. The van der Waals surface area contributed by atoms with E-state index in [9.17, 15) is 24.0 Å². The molecule has 1 saturated heterocycles. The number of para-hydroxylation sites is 1. The molecule has 0 atom stereocenters. The van der Waals surface area contributed by atoms with Gasteiger partial charge >= 0.3 is 0 Å². The number of benzene rings is 1. The highest BCUT2D eigenvalue weighted by molar-refractivity contribution is 6.09. The van der Waals surface area contributed by atoms with E-state index in [1.165, 1.54) is 6.92 Å². The first-order valence-electron chi connectivity index (χ1n) is 21.3. The number of rotatable bonds is 19. The minimum absolute atomic E-state index is 0.00660. The van der Waals surface area contributed by atoms with Crippen molar-refractivity contribution in [3.8, 4) is 0 Å². The topological polar surface area (TPSA) is 220 Å². The largest absolute Gasteiger partial charge is 0.379 e. The monoisotopic (exact) mass is 862 g/mol. The van der Waals surface area contributed by atoms with Crippen molar-refractivity contribution < 1.29 is 28.7 Å². The summed E-state index contributed by atoms with van der Waals surface area (Å²) in [7, 11) is 1.75. The van der Waals surface area contributed by atoms with Gasteiger partial charge < -0.3 is 35.6 Å². The molecule has 1 saturated carbocycles. The van der Waals surface area contributed by atoms with Crippen LogP contribution in [0.25, 0.3) is 11.0 Å². The van der Waals surface area contributed by atoms with Crippen LogP contribution < -0.4 is 31.7 Å². The van der Waals surface area contributed by atoms with Gasteiger partial charge in [0, 0.05) is 69.7 Å². The van der Waals surface area contributed by atoms with Crippen LogP contribution in [0.1, 0.15) is 71.3 Å². The number of ketones is 1. The van der Waals surface area contributed by atoms with Crippen molar-refractivity contribution in [3.63, 3.8) is 0 Å². The quantitative estimate of drug-likeness (QED) is 0.0685. The summed E-state index contributed by atoms with van der Waals surface area (Å²) in [5.41, 5.74) is 2.70. The lowest BCUT2D eigenvalue weighted by Gasteiger charge is -2.35. The number of hydrogen-bond donors (Lipinski definition) is 4. The van der Waals surface area contributed by atoms with Crippen LogP contribution in [-0.2, 0) is 26.1 Å². The number of ether oxygens (including phenoxy) is 2. The molecule has 63 heavy (non-hydrogen) atoms. The number of anilines is 5. The third-order valence-electron chi connectivity index (χ3n) is 11.2. The molecule has 1 aromatic carbocycles. The average Bonchev–Trinajstić information content (AvgIpc) is 3.95. The highest BCUT2D eigenvalue weighted by Gasteiger charge is 2.26. The number of aryl methyl sites for hydroxylation is 2. The number of carbonyl (C=O) groups is 4. The molecule has 4 N–H and O–H groups in total. The van der Waals surface area contributed by atoms with Crippen molar-refractivity contribution in [1.82, 2.24) is 39.5 Å². The van der Waals surface area contributed by atoms with Crippen molar-refractivity contribution in [2.45, 2.75) is 52.0 Å². The van der Waals surface area contributed by atoms with Crippen molar-refractivity contribution in [2.24, 2.45) is 7.05 Å². The summed E-state index contributed by atoms with van der Waals surface area (Å²) in [5, 5.41) is 16.4. The van der Waals surface area contributed by atoms with Gasteiger partial charge in [-0.1, -0.05) is 25.0 Å². The standard InChI is InChI=1S/C44H54N12O7/c1-29-34-27-47-44(51-41(34)56(31-8-4-5-9-31)43(61)40(29)30(2)57)50-36-13-12-32(26-46-36)55-20-18-54(19-21-55)28-39(59)45-16-23-63-25-24-62-22-15-38(58)48-35-11-7-6-10-33(35)42(60)49-37-14-17-53(3)52-37/h6-7,10-14,17,26-27,31H,4-5,8-9,15-16,18-25,28H2,1-3H3,(H,45,59)(H,48,58)(H,49,52,60)(H,46,47,50,51). The van der Waals surface area contributed by atoms with Crippen molar-refractivity contribution in [3.05, 3.63) is 88.1 Å². The van der Waals surface area contributed by atoms with Crippen molar-refractivity contribution in [1.29, 1.82) is 0 Å². The van der Waals surface area contributed by atoms with E-state index in [2.05, 4.69) is 46.1 Å². The molecular formula is C44H54N12O7. The second-order valence-electron chi connectivity index (χ2n) is 15.6. The highest BCUT2D eigenvalue weighted by Crippen LogP contribution is 2.32. The minimum atomic E-state index is -0.382. The molecule has 0 bridgehead atoms. The van der Waals surface area contributed by atoms with Gasteiger partial charge in [-0.15, -0.1) is 0 Å². The van der Waals surface area contributed by atoms with E-state index in [1.54, 1.807) is 72.1 Å². The molecule has 1 aliphatic carbocycles. The lowest BCUT2D eigenvalue weighted by atomic mass is 10.0. The van der Waals surface area contributed by atoms with Crippen molar-refractivity contribution in [2.75, 3.05) is 86.5 Å². The third-order valence-corrected chi connectivity index (χ3v) is 11.2. The summed E-state index contributed by atoms with van der Waals surface area (Å²) in [5.74, 6) is 0.281. The molecule has 19 nitrogen and oxygen atoms in total. The molecule has 0 radical (unpaired) electrons. The maximum atomic E-state index is 13.5. The van der Waals surface area contributed by atoms with E-state index in [4.69, 9.17) is 14.5 Å². The molecular weight excluding hydrogens is 809 g/mol. The Balaban J connectivity index is 0.765. The molecule has 19 heteroatoms. The Bertz CT molecular complexity index is 2470. The van der Waals surface area contributed by atoms with Crippen LogP contribution >= 0.6 is 0 Å². The van der Waals surface area contributed by atoms with Crippen LogP contribution in [-0.4, -0.2) is 123 Å². The van der Waals surface area contributed by atoms with E-state index in [1.807, 2.05) is 12.1 Å². The fourth-order valence-corrected chi connectivity index (χ4v) is 7.91. The number of hydrogen-bond acceptors (Lipinski definition) is 14. The molecule has 332 valence electrons. The number of nitrogens with zero attached hydrogens (tertiary/aromatic N) is 8. The maximum Gasteiger partial charge on any atom is 0.263 e. The number of carbonyl (C=O) groups excluding carboxylic acids is 4. The summed E-state index contributed by atoms with van der Waals surface area (Å²) >= 11 is 0. The molecule has 5 heterocycles. The lowest BCUT2D eigenvalue weighted by Crippen LogP contribution is -2.49. The molecule has 5 aromatic rings. The van der Waals surface area contributed by atoms with Gasteiger partial charge in [0.25, 0.3) is 11.5 Å². The molecule has 3 amide bonds. The van der Waals surface area contributed by atoms with Gasteiger partial charge in [0.2, 0.25) is 17.8 Å². The number of amides is 3. The van der Waals surface area contributed by atoms with E-state index in [0.29, 0.717) is 78.3 Å². The number of piperazine rings is 1. The predicted octanol–water partition coefficient (Wildman–Crippen LogP) is 3.84. The zero-order chi connectivity index (χ0) is 44.3. The normalized spacial score (nSPS) is 14.5. The first-order valence-corrected chi connectivity index (χ1v) is 21.3. The Labute approximate surface area is 364 Å². The minimum Gasteiger partial charge on any atom is -0.379 e. The Morgan fingerprint density at radius 3 is 2.32 bits per heavy atom. The molecule has 0 spiro atoms. The maximum absolute atomic E-state index is 13.5. The molecule has 7 rings (SSSR count). The Morgan fingerprint density at radius 2 is 1.60 bits per heavy atom. The number of aromatic nitrogens is 6. The van der Waals surface area contributed by atoms with E-state index in [0.717, 1.165) is 44.5 Å². The lowest BCUT2D eigenvalue weighted by molar-refractivity contribution is -0.122. The van der Waals surface area contributed by atoms with E-state index in [-0.39, 0.29) is 66.8 Å². The van der Waals surface area contributed by atoms with E-state index >= 15 is 0 Å². The summed E-state index contributed by atoms with van der Waals surface area (Å²) in [4.78, 5) is 82.1. The van der Waals surface area contributed by atoms with Gasteiger partial charge in [-0.2, -0.15) is 10.1 Å². The van der Waals surface area contributed by atoms with Crippen LogP contribution in [0.4, 0.5) is 29.0 Å². The molecule has 1 aliphatic heterocycles. The SMILES string of the molecule is CC(=O)c1c(C)c2cnc(Nc3ccc(N4CCN(CC(=O)NCCOCCOCCC(=O)Nc5ccccc5C(=O)Nc5ccn(C)n5)CC4)cn3)nc2n(C2CCCC2)c1=O. The summed E-state index contributed by atoms with van der Waals surface area (Å²) in [6.45, 7) is 7.86. The average molecular weight is 863 g/mol.